The minimum absolute atomic E-state index is 0.0252. The van der Waals surface area contributed by atoms with Crippen molar-refractivity contribution in [3.05, 3.63) is 35.9 Å². The average molecular weight is 356 g/mol. The van der Waals surface area contributed by atoms with Gasteiger partial charge in [0.15, 0.2) is 0 Å². The summed E-state index contributed by atoms with van der Waals surface area (Å²) in [5.74, 6) is 0.0907. The van der Waals surface area contributed by atoms with E-state index >= 15 is 0 Å². The lowest BCUT2D eigenvalue weighted by molar-refractivity contribution is -0.117. The summed E-state index contributed by atoms with van der Waals surface area (Å²) in [6.07, 6.45) is 2.15. The largest absolute Gasteiger partial charge is 0.314 e. The van der Waals surface area contributed by atoms with Gasteiger partial charge in [0.05, 0.1) is 6.54 Å². The third kappa shape index (κ3) is 3.45. The topological polar surface area (TPSA) is 83.4 Å². The molecule has 0 bridgehead atoms. The van der Waals surface area contributed by atoms with Crippen LogP contribution in [0.2, 0.25) is 0 Å². The SMILES string of the molecule is CC(C)NCC(=O)N(C)c1ccc2c(c1)N(C(=O)c1ncnn1C)CC2. The molecule has 2 aromatic rings. The Balaban J connectivity index is 1.82. The first-order valence-electron chi connectivity index (χ1n) is 8.67. The molecule has 1 aromatic heterocycles. The maximum Gasteiger partial charge on any atom is 0.295 e. The number of aryl methyl sites for hydroxylation is 1. The Labute approximate surface area is 152 Å². The average Bonchev–Trinajstić information content (AvgIpc) is 3.23. The van der Waals surface area contributed by atoms with E-state index < -0.39 is 0 Å². The van der Waals surface area contributed by atoms with Gasteiger partial charge in [-0.05, 0) is 24.1 Å². The van der Waals surface area contributed by atoms with Crippen LogP contribution in [-0.2, 0) is 18.3 Å². The van der Waals surface area contributed by atoms with E-state index in [1.54, 1.807) is 23.9 Å². The molecule has 8 nitrogen and oxygen atoms in total. The number of carbonyl (C=O) groups excluding carboxylic acids is 2. The highest BCUT2D eigenvalue weighted by Crippen LogP contribution is 2.32. The van der Waals surface area contributed by atoms with Gasteiger partial charge in [-0.2, -0.15) is 5.10 Å². The number of rotatable bonds is 5. The second kappa shape index (κ2) is 7.25. The van der Waals surface area contributed by atoms with Gasteiger partial charge in [-0.3, -0.25) is 9.59 Å². The summed E-state index contributed by atoms with van der Waals surface area (Å²) in [4.78, 5) is 32.5. The molecule has 2 amide bonds. The Kier molecular flexibility index (Phi) is 5.03. The summed E-state index contributed by atoms with van der Waals surface area (Å²) in [6.45, 7) is 4.86. The second-order valence-electron chi connectivity index (χ2n) is 6.72. The molecule has 0 aliphatic carbocycles. The Morgan fingerprint density at radius 2 is 2.12 bits per heavy atom. The van der Waals surface area contributed by atoms with Crippen LogP contribution in [0.5, 0.6) is 0 Å². The zero-order chi connectivity index (χ0) is 18.8. The van der Waals surface area contributed by atoms with Crippen molar-refractivity contribution in [3.8, 4) is 0 Å². The molecule has 2 heterocycles. The lowest BCUT2D eigenvalue weighted by Crippen LogP contribution is -2.38. The highest BCUT2D eigenvalue weighted by Gasteiger charge is 2.29. The van der Waals surface area contributed by atoms with Crippen molar-refractivity contribution >= 4 is 23.2 Å². The number of aromatic nitrogens is 3. The van der Waals surface area contributed by atoms with Crippen LogP contribution in [0.15, 0.2) is 24.5 Å². The number of likely N-dealkylation sites (N-methyl/N-ethyl adjacent to an activating group) is 1. The summed E-state index contributed by atoms with van der Waals surface area (Å²) in [5.41, 5.74) is 2.68. The van der Waals surface area contributed by atoms with Gasteiger partial charge in [0.1, 0.15) is 6.33 Å². The van der Waals surface area contributed by atoms with Crippen LogP contribution in [0.1, 0.15) is 30.0 Å². The molecule has 0 unspecified atom stereocenters. The van der Waals surface area contributed by atoms with E-state index in [4.69, 9.17) is 0 Å². The highest BCUT2D eigenvalue weighted by molar-refractivity contribution is 6.05. The Hall–Kier alpha value is -2.74. The zero-order valence-corrected chi connectivity index (χ0v) is 15.6. The van der Waals surface area contributed by atoms with Crippen LogP contribution in [0, 0.1) is 0 Å². The first kappa shape index (κ1) is 18.1. The predicted octanol–water partition coefficient (Wildman–Crippen LogP) is 0.979. The number of nitrogens with zero attached hydrogens (tertiary/aromatic N) is 5. The van der Waals surface area contributed by atoms with Crippen molar-refractivity contribution < 1.29 is 9.59 Å². The van der Waals surface area contributed by atoms with Gasteiger partial charge < -0.3 is 15.1 Å². The van der Waals surface area contributed by atoms with Crippen molar-refractivity contribution in [2.45, 2.75) is 26.3 Å². The van der Waals surface area contributed by atoms with Crippen molar-refractivity contribution in [2.24, 2.45) is 7.05 Å². The molecule has 0 atom stereocenters. The molecule has 0 saturated heterocycles. The van der Waals surface area contributed by atoms with E-state index in [-0.39, 0.29) is 24.4 Å². The zero-order valence-electron chi connectivity index (χ0n) is 15.6. The fourth-order valence-electron chi connectivity index (χ4n) is 2.95. The van der Waals surface area contributed by atoms with E-state index in [0.29, 0.717) is 12.4 Å². The standard InChI is InChI=1S/C18H24N6O2/c1-12(2)19-10-16(25)22(3)14-6-5-13-7-8-24(15(13)9-14)18(26)17-20-11-21-23(17)4/h5-6,9,11-12,19H,7-8,10H2,1-4H3. The van der Waals surface area contributed by atoms with Gasteiger partial charge in [-0.25, -0.2) is 9.67 Å². The number of carbonyl (C=O) groups is 2. The van der Waals surface area contributed by atoms with Gasteiger partial charge in [0.2, 0.25) is 11.7 Å². The first-order chi connectivity index (χ1) is 12.4. The molecule has 0 radical (unpaired) electrons. The summed E-state index contributed by atoms with van der Waals surface area (Å²) >= 11 is 0. The van der Waals surface area contributed by atoms with Crippen LogP contribution in [0.4, 0.5) is 11.4 Å². The summed E-state index contributed by atoms with van der Waals surface area (Å²) in [6, 6.07) is 6.03. The van der Waals surface area contributed by atoms with Gasteiger partial charge in [0.25, 0.3) is 5.91 Å². The van der Waals surface area contributed by atoms with Gasteiger partial charge >= 0.3 is 0 Å². The van der Waals surface area contributed by atoms with E-state index in [2.05, 4.69) is 15.4 Å². The van der Waals surface area contributed by atoms with Gasteiger partial charge in [-0.15, -0.1) is 0 Å². The van der Waals surface area contributed by atoms with Crippen LogP contribution in [0.3, 0.4) is 0 Å². The van der Waals surface area contributed by atoms with E-state index in [9.17, 15) is 9.59 Å². The molecular formula is C18H24N6O2. The van der Waals surface area contributed by atoms with Crippen LogP contribution >= 0.6 is 0 Å². The highest BCUT2D eigenvalue weighted by atomic mass is 16.2. The smallest absolute Gasteiger partial charge is 0.295 e. The lowest BCUT2D eigenvalue weighted by Gasteiger charge is -2.22. The Morgan fingerprint density at radius 3 is 2.77 bits per heavy atom. The Morgan fingerprint density at radius 1 is 1.35 bits per heavy atom. The number of hydrogen-bond donors (Lipinski definition) is 1. The summed E-state index contributed by atoms with van der Waals surface area (Å²) in [7, 11) is 3.44. The molecule has 3 rings (SSSR count). The van der Waals surface area contributed by atoms with E-state index in [0.717, 1.165) is 23.4 Å². The number of anilines is 2. The van der Waals surface area contributed by atoms with Crippen molar-refractivity contribution in [3.63, 3.8) is 0 Å². The van der Waals surface area contributed by atoms with Crippen molar-refractivity contribution in [1.82, 2.24) is 20.1 Å². The Bertz CT molecular complexity index is 829. The molecule has 8 heteroatoms. The molecule has 0 fully saturated rings. The first-order valence-corrected chi connectivity index (χ1v) is 8.67. The summed E-state index contributed by atoms with van der Waals surface area (Å²) in [5, 5.41) is 7.09. The summed E-state index contributed by atoms with van der Waals surface area (Å²) < 4.78 is 1.47. The molecule has 138 valence electrons. The number of fused-ring (bicyclic) bond motifs is 1. The molecular weight excluding hydrogens is 332 g/mol. The molecule has 1 aliphatic heterocycles. The number of hydrogen-bond acceptors (Lipinski definition) is 5. The van der Waals surface area contributed by atoms with Crippen LogP contribution in [0.25, 0.3) is 0 Å². The maximum atomic E-state index is 12.8. The van der Waals surface area contributed by atoms with Gasteiger partial charge in [0, 0.05) is 38.1 Å². The van der Waals surface area contributed by atoms with Crippen LogP contribution in [-0.4, -0.2) is 52.8 Å². The normalized spacial score (nSPS) is 13.2. The van der Waals surface area contributed by atoms with E-state index in [1.807, 2.05) is 32.0 Å². The van der Waals surface area contributed by atoms with Gasteiger partial charge in [-0.1, -0.05) is 19.9 Å². The van der Waals surface area contributed by atoms with Crippen molar-refractivity contribution in [1.29, 1.82) is 0 Å². The molecule has 0 spiro atoms. The fraction of sp³-hybridized carbons (Fsp3) is 0.444. The maximum absolute atomic E-state index is 12.8. The molecule has 1 N–H and O–H groups in total. The molecule has 1 aromatic carbocycles. The third-order valence-electron chi connectivity index (χ3n) is 4.54. The molecule has 1 aliphatic rings. The number of benzene rings is 1. The molecule has 26 heavy (non-hydrogen) atoms. The van der Waals surface area contributed by atoms with Crippen LogP contribution < -0.4 is 15.1 Å². The quantitative estimate of drug-likeness (QED) is 0.863. The third-order valence-corrected chi connectivity index (χ3v) is 4.54. The lowest BCUT2D eigenvalue weighted by atomic mass is 10.1. The predicted molar refractivity (Wildman–Crippen MR) is 99.4 cm³/mol. The minimum Gasteiger partial charge on any atom is -0.314 e. The molecule has 0 saturated carbocycles. The second-order valence-corrected chi connectivity index (χ2v) is 6.72. The number of nitrogens with one attached hydrogen (secondary N) is 1. The fourth-order valence-corrected chi connectivity index (χ4v) is 2.95. The minimum atomic E-state index is -0.184. The monoisotopic (exact) mass is 356 g/mol. The number of amides is 2. The van der Waals surface area contributed by atoms with Crippen molar-refractivity contribution in [2.75, 3.05) is 29.9 Å². The van der Waals surface area contributed by atoms with E-state index in [1.165, 1.54) is 11.0 Å².